The molecule has 3 aromatic rings. The molecule has 1 fully saturated rings. The van der Waals surface area contributed by atoms with Gasteiger partial charge in [0.15, 0.2) is 5.65 Å². The fraction of sp³-hybridized carbons (Fsp3) is 0.400. The molecule has 0 radical (unpaired) electrons. The highest BCUT2D eigenvalue weighted by Gasteiger charge is 2.26. The number of hydrogen-bond acceptors (Lipinski definition) is 8. The zero-order valence-corrected chi connectivity index (χ0v) is 17.2. The molecule has 158 valence electrons. The van der Waals surface area contributed by atoms with Crippen LogP contribution in [-0.2, 0) is 4.74 Å². The minimum Gasteiger partial charge on any atom is -0.474 e. The zero-order chi connectivity index (χ0) is 21.1. The van der Waals surface area contributed by atoms with Crippen LogP contribution in [0.1, 0.15) is 28.8 Å². The Morgan fingerprint density at radius 3 is 2.83 bits per heavy atom. The van der Waals surface area contributed by atoms with Crippen molar-refractivity contribution in [3.8, 4) is 5.88 Å². The Hall–Kier alpha value is -3.40. The monoisotopic (exact) mass is 411 g/mol. The highest BCUT2D eigenvalue weighted by molar-refractivity contribution is 6.00. The Labute approximate surface area is 174 Å². The van der Waals surface area contributed by atoms with Crippen LogP contribution in [-0.4, -0.2) is 58.9 Å². The maximum Gasteiger partial charge on any atom is 0.256 e. The number of carbonyl (C=O) groups excluding carboxylic acids is 1. The van der Waals surface area contributed by atoms with Crippen LogP contribution in [0.2, 0.25) is 0 Å². The average Bonchev–Trinajstić information content (AvgIpc) is 3.44. The lowest BCUT2D eigenvalue weighted by atomic mass is 10.3. The second-order valence-electron chi connectivity index (χ2n) is 7.15. The maximum absolute atomic E-state index is 12.6. The van der Waals surface area contributed by atoms with Gasteiger partial charge >= 0.3 is 0 Å². The van der Waals surface area contributed by atoms with Crippen molar-refractivity contribution in [1.29, 1.82) is 0 Å². The van der Waals surface area contributed by atoms with E-state index in [1.807, 2.05) is 19.1 Å². The first-order valence-corrected chi connectivity index (χ1v) is 9.82. The zero-order valence-electron chi connectivity index (χ0n) is 17.2. The fourth-order valence-corrected chi connectivity index (χ4v) is 2.98. The number of nitrogens with zero attached hydrogens (tertiary/aromatic N) is 4. The lowest BCUT2D eigenvalue weighted by molar-refractivity contribution is 0.0952. The molecule has 0 saturated heterocycles. The molecule has 1 saturated carbocycles. The van der Waals surface area contributed by atoms with E-state index in [2.05, 4.69) is 31.0 Å². The van der Waals surface area contributed by atoms with Crippen molar-refractivity contribution in [2.24, 2.45) is 0 Å². The lowest BCUT2D eigenvalue weighted by Crippen LogP contribution is -2.25. The highest BCUT2D eigenvalue weighted by Crippen LogP contribution is 2.28. The van der Waals surface area contributed by atoms with E-state index in [9.17, 15) is 4.79 Å². The number of rotatable bonds is 9. The predicted octanol–water partition coefficient (Wildman–Crippen LogP) is 2.14. The molecule has 3 aromatic heterocycles. The summed E-state index contributed by atoms with van der Waals surface area (Å²) >= 11 is 0. The minimum absolute atomic E-state index is 0.167. The molecule has 3 N–H and O–H groups in total. The normalized spacial score (nSPS) is 13.3. The van der Waals surface area contributed by atoms with Crippen LogP contribution in [0, 0.1) is 6.92 Å². The Morgan fingerprint density at radius 1 is 1.27 bits per heavy atom. The summed E-state index contributed by atoms with van der Waals surface area (Å²) in [6.07, 6.45) is 5.30. The second kappa shape index (κ2) is 8.54. The second-order valence-corrected chi connectivity index (χ2v) is 7.15. The van der Waals surface area contributed by atoms with Crippen LogP contribution >= 0.6 is 0 Å². The molecule has 10 nitrogen and oxygen atoms in total. The number of amides is 1. The van der Waals surface area contributed by atoms with Gasteiger partial charge in [-0.25, -0.2) is 9.97 Å². The molecule has 0 spiro atoms. The SMILES string of the molecule is CNc1cc(Nc2cc(C)cnc2OCCOC)nc2c(C(=O)NC3CC3)cnn12. The summed E-state index contributed by atoms with van der Waals surface area (Å²) in [5.41, 5.74) is 2.54. The molecule has 0 aliphatic heterocycles. The first-order chi connectivity index (χ1) is 14.6. The van der Waals surface area contributed by atoms with E-state index in [4.69, 9.17) is 9.47 Å². The standard InChI is InChI=1S/C20H25N7O3/c1-12-8-15(20(22-10-12)30-7-6-29-3)25-16-9-17(21-2)27-18(26-16)14(11-23-27)19(28)24-13-4-5-13/h8-11,13,21H,4-7H2,1-3H3,(H,24,28)(H,25,26). The Kier molecular flexibility index (Phi) is 5.66. The number of aryl methyl sites for hydroxylation is 1. The topological polar surface area (TPSA) is 115 Å². The third-order valence-electron chi connectivity index (χ3n) is 4.66. The number of pyridine rings is 1. The van der Waals surface area contributed by atoms with E-state index in [0.29, 0.717) is 47.6 Å². The molecule has 4 rings (SSSR count). The smallest absolute Gasteiger partial charge is 0.256 e. The molecule has 1 amide bonds. The van der Waals surface area contributed by atoms with E-state index in [0.717, 1.165) is 18.4 Å². The number of methoxy groups -OCH3 is 1. The largest absolute Gasteiger partial charge is 0.474 e. The van der Waals surface area contributed by atoms with Gasteiger partial charge in [-0.3, -0.25) is 4.79 Å². The predicted molar refractivity (Wildman–Crippen MR) is 113 cm³/mol. The third-order valence-corrected chi connectivity index (χ3v) is 4.66. The number of aromatic nitrogens is 4. The van der Waals surface area contributed by atoms with Crippen molar-refractivity contribution in [1.82, 2.24) is 24.9 Å². The van der Waals surface area contributed by atoms with Crippen molar-refractivity contribution in [3.63, 3.8) is 0 Å². The first kappa shape index (κ1) is 19.9. The Bertz CT molecular complexity index is 1060. The van der Waals surface area contributed by atoms with E-state index in [1.165, 1.54) is 6.20 Å². The van der Waals surface area contributed by atoms with Crippen molar-refractivity contribution in [2.75, 3.05) is 38.0 Å². The number of fused-ring (bicyclic) bond motifs is 1. The minimum atomic E-state index is -0.167. The molecule has 1 aliphatic rings. The molecule has 10 heteroatoms. The van der Waals surface area contributed by atoms with Gasteiger partial charge in [0.25, 0.3) is 5.91 Å². The number of nitrogens with one attached hydrogen (secondary N) is 3. The molecule has 0 unspecified atom stereocenters. The quantitative estimate of drug-likeness (QED) is 0.459. The van der Waals surface area contributed by atoms with Gasteiger partial charge in [-0.05, 0) is 31.4 Å². The summed E-state index contributed by atoms with van der Waals surface area (Å²) in [6, 6.07) is 3.99. The van der Waals surface area contributed by atoms with Gasteiger partial charge in [0.05, 0.1) is 12.8 Å². The summed E-state index contributed by atoms with van der Waals surface area (Å²) < 4.78 is 12.4. The van der Waals surface area contributed by atoms with Gasteiger partial charge in [0.1, 0.15) is 29.5 Å². The molecular weight excluding hydrogens is 386 g/mol. The Morgan fingerprint density at radius 2 is 2.10 bits per heavy atom. The summed E-state index contributed by atoms with van der Waals surface area (Å²) in [5, 5.41) is 13.7. The van der Waals surface area contributed by atoms with Crippen LogP contribution in [0.3, 0.4) is 0 Å². The molecular formula is C20H25N7O3. The van der Waals surface area contributed by atoms with E-state index in [1.54, 1.807) is 24.9 Å². The Balaban J connectivity index is 1.67. The van der Waals surface area contributed by atoms with Crippen molar-refractivity contribution in [2.45, 2.75) is 25.8 Å². The number of anilines is 3. The fourth-order valence-electron chi connectivity index (χ4n) is 2.98. The van der Waals surface area contributed by atoms with E-state index in [-0.39, 0.29) is 11.9 Å². The van der Waals surface area contributed by atoms with Gasteiger partial charge in [-0.2, -0.15) is 9.61 Å². The van der Waals surface area contributed by atoms with Gasteiger partial charge in [-0.1, -0.05) is 0 Å². The summed E-state index contributed by atoms with van der Waals surface area (Å²) in [5.74, 6) is 1.51. The maximum atomic E-state index is 12.6. The van der Waals surface area contributed by atoms with Gasteiger partial charge < -0.3 is 25.4 Å². The van der Waals surface area contributed by atoms with Crippen molar-refractivity contribution >= 4 is 28.9 Å². The van der Waals surface area contributed by atoms with Crippen LogP contribution in [0.4, 0.5) is 17.3 Å². The summed E-state index contributed by atoms with van der Waals surface area (Å²) in [4.78, 5) is 21.6. The third kappa shape index (κ3) is 4.28. The van der Waals surface area contributed by atoms with E-state index >= 15 is 0 Å². The van der Waals surface area contributed by atoms with Crippen molar-refractivity contribution in [3.05, 3.63) is 35.7 Å². The molecule has 0 aromatic carbocycles. The number of ether oxygens (including phenoxy) is 2. The van der Waals surface area contributed by atoms with E-state index < -0.39 is 0 Å². The van der Waals surface area contributed by atoms with Crippen LogP contribution < -0.4 is 20.7 Å². The van der Waals surface area contributed by atoms with Crippen LogP contribution in [0.15, 0.2) is 24.5 Å². The molecule has 0 bridgehead atoms. The van der Waals surface area contributed by atoms with Gasteiger partial charge in [0, 0.05) is 32.5 Å². The highest BCUT2D eigenvalue weighted by atomic mass is 16.5. The first-order valence-electron chi connectivity index (χ1n) is 9.82. The van der Waals surface area contributed by atoms with Crippen molar-refractivity contribution < 1.29 is 14.3 Å². The molecule has 1 aliphatic carbocycles. The van der Waals surface area contributed by atoms with Gasteiger partial charge in [0.2, 0.25) is 5.88 Å². The molecule has 0 atom stereocenters. The summed E-state index contributed by atoms with van der Waals surface area (Å²) in [7, 11) is 3.41. The van der Waals surface area contributed by atoms with Crippen LogP contribution in [0.5, 0.6) is 5.88 Å². The average molecular weight is 411 g/mol. The van der Waals surface area contributed by atoms with Gasteiger partial charge in [-0.15, -0.1) is 0 Å². The summed E-state index contributed by atoms with van der Waals surface area (Å²) in [6.45, 7) is 2.78. The number of hydrogen-bond donors (Lipinski definition) is 3. The van der Waals surface area contributed by atoms with Crippen LogP contribution in [0.25, 0.3) is 5.65 Å². The molecule has 30 heavy (non-hydrogen) atoms. The lowest BCUT2D eigenvalue weighted by Gasteiger charge is -2.14. The molecule has 3 heterocycles. The number of carbonyl (C=O) groups is 1.